The summed E-state index contributed by atoms with van der Waals surface area (Å²) in [6, 6.07) is 14.7. The molecule has 0 amide bonds. The van der Waals surface area contributed by atoms with Gasteiger partial charge in [0.2, 0.25) is 10.0 Å². The third-order valence-electron chi connectivity index (χ3n) is 7.51. The quantitative estimate of drug-likeness (QED) is 0.482. The van der Waals surface area contributed by atoms with E-state index in [0.717, 1.165) is 31.7 Å². The fourth-order valence-corrected chi connectivity index (χ4v) is 6.60. The van der Waals surface area contributed by atoms with E-state index in [-0.39, 0.29) is 23.3 Å². The largest absolute Gasteiger partial charge is 0.497 e. The Balaban J connectivity index is 1.36. The van der Waals surface area contributed by atoms with Crippen molar-refractivity contribution in [2.45, 2.75) is 50.0 Å². The molecule has 1 atom stereocenters. The van der Waals surface area contributed by atoms with Crippen LogP contribution in [0.5, 0.6) is 5.75 Å². The fraction of sp³-hybridized carbons (Fsp3) is 0.536. The number of sulfonamides is 1. The van der Waals surface area contributed by atoms with E-state index in [0.29, 0.717) is 31.1 Å². The number of benzene rings is 2. The smallest absolute Gasteiger partial charge is 0.243 e. The lowest BCUT2D eigenvalue weighted by Gasteiger charge is -2.35. The molecule has 2 saturated heterocycles. The number of hydrogen-bond acceptors (Lipinski definition) is 6. The highest BCUT2D eigenvalue weighted by Gasteiger charge is 2.28. The minimum absolute atomic E-state index is 0.0436. The van der Waals surface area contributed by atoms with E-state index in [1.807, 2.05) is 12.1 Å². The zero-order chi connectivity index (χ0) is 25.5. The standard InChI is InChI=1S/C28H39N3O4S/c1-22-14-18-31(19-15-22)36(33,34)26-12-8-24(9-13-26)28(32)21-29-20-27(30-16-4-3-5-17-30)23-6-10-25(35-2)11-7-23/h6-13,22,27,29H,3-5,14-21H2,1-2H3. The predicted octanol–water partition coefficient (Wildman–Crippen LogP) is 4.12. The summed E-state index contributed by atoms with van der Waals surface area (Å²) in [6.07, 6.45) is 5.42. The molecular formula is C28H39N3O4S. The lowest BCUT2D eigenvalue weighted by atomic mass is 10.0. The number of ether oxygens (including phenoxy) is 1. The number of hydrogen-bond donors (Lipinski definition) is 1. The summed E-state index contributed by atoms with van der Waals surface area (Å²) >= 11 is 0. The second-order valence-corrected chi connectivity index (χ2v) is 12.0. The molecular weight excluding hydrogens is 474 g/mol. The second-order valence-electron chi connectivity index (χ2n) is 10.1. The summed E-state index contributed by atoms with van der Waals surface area (Å²) in [5.74, 6) is 1.35. The summed E-state index contributed by atoms with van der Waals surface area (Å²) in [6.45, 7) is 6.25. The molecule has 2 heterocycles. The Hall–Kier alpha value is -2.26. The minimum Gasteiger partial charge on any atom is -0.497 e. The topological polar surface area (TPSA) is 78.9 Å². The highest BCUT2D eigenvalue weighted by molar-refractivity contribution is 7.89. The normalized spacial score (nSPS) is 19.2. The number of likely N-dealkylation sites (tertiary alicyclic amines) is 1. The van der Waals surface area contributed by atoms with E-state index in [1.54, 1.807) is 35.7 Å². The third kappa shape index (κ3) is 6.54. The first-order valence-corrected chi connectivity index (χ1v) is 14.5. The van der Waals surface area contributed by atoms with Gasteiger partial charge < -0.3 is 10.1 Å². The SMILES string of the molecule is COc1ccc(C(CNCC(=O)c2ccc(S(=O)(=O)N3CCC(C)CC3)cc2)N2CCCCC2)cc1. The van der Waals surface area contributed by atoms with Crippen LogP contribution in [0.4, 0.5) is 0 Å². The van der Waals surface area contributed by atoms with Gasteiger partial charge in [0.05, 0.1) is 18.6 Å². The predicted molar refractivity (Wildman–Crippen MR) is 142 cm³/mol. The van der Waals surface area contributed by atoms with Crippen LogP contribution in [0.2, 0.25) is 0 Å². The number of carbonyl (C=O) groups is 1. The molecule has 0 aromatic heterocycles. The number of ketones is 1. The molecule has 196 valence electrons. The van der Waals surface area contributed by atoms with Gasteiger partial charge in [-0.1, -0.05) is 37.6 Å². The van der Waals surface area contributed by atoms with Gasteiger partial charge in [-0.05, 0) is 74.5 Å². The van der Waals surface area contributed by atoms with Gasteiger partial charge >= 0.3 is 0 Å². The molecule has 1 unspecified atom stereocenters. The third-order valence-corrected chi connectivity index (χ3v) is 9.42. The van der Waals surface area contributed by atoms with Crippen molar-refractivity contribution in [1.82, 2.24) is 14.5 Å². The molecule has 4 rings (SSSR count). The van der Waals surface area contributed by atoms with Gasteiger partial charge in [0.15, 0.2) is 5.78 Å². The molecule has 7 nitrogen and oxygen atoms in total. The van der Waals surface area contributed by atoms with Crippen LogP contribution in [-0.2, 0) is 10.0 Å². The van der Waals surface area contributed by atoms with Gasteiger partial charge in [0.25, 0.3) is 0 Å². The molecule has 0 saturated carbocycles. The van der Waals surface area contributed by atoms with Gasteiger partial charge in [0.1, 0.15) is 5.75 Å². The van der Waals surface area contributed by atoms with Crippen molar-refractivity contribution in [2.75, 3.05) is 46.4 Å². The highest BCUT2D eigenvalue weighted by atomic mass is 32.2. The zero-order valence-electron chi connectivity index (χ0n) is 21.5. The average Bonchev–Trinajstić information content (AvgIpc) is 2.92. The number of nitrogens with zero attached hydrogens (tertiary/aromatic N) is 2. The van der Waals surface area contributed by atoms with Crippen LogP contribution in [0.1, 0.15) is 61.0 Å². The molecule has 0 spiro atoms. The molecule has 2 aromatic carbocycles. The Kier molecular flexibility index (Phi) is 9.17. The fourth-order valence-electron chi connectivity index (χ4n) is 5.13. The first-order valence-electron chi connectivity index (χ1n) is 13.1. The van der Waals surface area contributed by atoms with Crippen LogP contribution < -0.4 is 10.1 Å². The number of nitrogens with one attached hydrogen (secondary N) is 1. The maximum absolute atomic E-state index is 13.0. The lowest BCUT2D eigenvalue weighted by molar-refractivity contribution is 0.0983. The van der Waals surface area contributed by atoms with Gasteiger partial charge in [-0.2, -0.15) is 4.31 Å². The van der Waals surface area contributed by atoms with E-state index < -0.39 is 10.0 Å². The zero-order valence-corrected chi connectivity index (χ0v) is 22.3. The Morgan fingerprint density at radius 3 is 2.22 bits per heavy atom. The van der Waals surface area contributed by atoms with Crippen LogP contribution in [0.15, 0.2) is 53.4 Å². The van der Waals surface area contributed by atoms with Crippen molar-refractivity contribution in [3.63, 3.8) is 0 Å². The van der Waals surface area contributed by atoms with E-state index in [4.69, 9.17) is 4.74 Å². The van der Waals surface area contributed by atoms with E-state index in [9.17, 15) is 13.2 Å². The average molecular weight is 514 g/mol. The summed E-state index contributed by atoms with van der Waals surface area (Å²) < 4.78 is 32.8. The van der Waals surface area contributed by atoms with Crippen molar-refractivity contribution < 1.29 is 17.9 Å². The number of rotatable bonds is 10. The van der Waals surface area contributed by atoms with Crippen LogP contribution in [0.25, 0.3) is 0 Å². The first kappa shape index (κ1) is 26.8. The molecule has 1 N–H and O–H groups in total. The van der Waals surface area contributed by atoms with Crippen LogP contribution >= 0.6 is 0 Å². The number of Topliss-reactive ketones (excluding diaryl/α,β-unsaturated/α-hetero) is 1. The Morgan fingerprint density at radius 2 is 1.61 bits per heavy atom. The molecule has 36 heavy (non-hydrogen) atoms. The monoisotopic (exact) mass is 513 g/mol. The lowest BCUT2D eigenvalue weighted by Crippen LogP contribution is -2.40. The summed E-state index contributed by atoms with van der Waals surface area (Å²) in [5.41, 5.74) is 1.73. The van der Waals surface area contributed by atoms with Crippen LogP contribution in [-0.4, -0.2) is 69.8 Å². The summed E-state index contributed by atoms with van der Waals surface area (Å²) in [7, 11) is -1.85. The molecule has 0 aliphatic carbocycles. The minimum atomic E-state index is -3.51. The number of piperidine rings is 2. The number of methoxy groups -OCH3 is 1. The maximum Gasteiger partial charge on any atom is 0.243 e. The van der Waals surface area contributed by atoms with E-state index in [1.165, 1.54) is 24.8 Å². The van der Waals surface area contributed by atoms with Crippen molar-refractivity contribution >= 4 is 15.8 Å². The summed E-state index contributed by atoms with van der Waals surface area (Å²) in [5, 5.41) is 3.36. The van der Waals surface area contributed by atoms with Gasteiger partial charge in [-0.15, -0.1) is 0 Å². The molecule has 2 aliphatic heterocycles. The Labute approximate surface area is 215 Å². The van der Waals surface area contributed by atoms with Crippen molar-refractivity contribution in [3.8, 4) is 5.75 Å². The summed E-state index contributed by atoms with van der Waals surface area (Å²) in [4.78, 5) is 15.6. The molecule has 8 heteroatoms. The molecule has 0 bridgehead atoms. The van der Waals surface area contributed by atoms with Crippen molar-refractivity contribution in [1.29, 1.82) is 0 Å². The highest BCUT2D eigenvalue weighted by Crippen LogP contribution is 2.26. The first-order chi connectivity index (χ1) is 17.4. The maximum atomic E-state index is 13.0. The molecule has 0 radical (unpaired) electrons. The molecule has 2 fully saturated rings. The van der Waals surface area contributed by atoms with Gasteiger partial charge in [-0.25, -0.2) is 8.42 Å². The molecule has 2 aliphatic rings. The second kappa shape index (κ2) is 12.3. The van der Waals surface area contributed by atoms with Gasteiger partial charge in [0, 0.05) is 31.2 Å². The van der Waals surface area contributed by atoms with Gasteiger partial charge in [-0.3, -0.25) is 9.69 Å². The Morgan fingerprint density at radius 1 is 0.972 bits per heavy atom. The van der Waals surface area contributed by atoms with Crippen molar-refractivity contribution in [3.05, 3.63) is 59.7 Å². The van der Waals surface area contributed by atoms with Crippen LogP contribution in [0, 0.1) is 5.92 Å². The van der Waals surface area contributed by atoms with Crippen LogP contribution in [0.3, 0.4) is 0 Å². The number of carbonyl (C=O) groups excluding carboxylic acids is 1. The van der Waals surface area contributed by atoms with E-state index in [2.05, 4.69) is 29.3 Å². The molecule has 2 aromatic rings. The van der Waals surface area contributed by atoms with E-state index >= 15 is 0 Å². The Bertz CT molecular complexity index is 1090. The van der Waals surface area contributed by atoms with Crippen molar-refractivity contribution in [2.24, 2.45) is 5.92 Å².